The summed E-state index contributed by atoms with van der Waals surface area (Å²) in [7, 11) is 0. The molecule has 1 aromatic carbocycles. The zero-order valence-corrected chi connectivity index (χ0v) is 15.1. The highest BCUT2D eigenvalue weighted by Gasteiger charge is 2.42. The van der Waals surface area contributed by atoms with Crippen molar-refractivity contribution >= 4 is 17.7 Å². The molecule has 1 aliphatic heterocycles. The van der Waals surface area contributed by atoms with E-state index < -0.39 is 11.4 Å². The van der Waals surface area contributed by atoms with E-state index in [-0.39, 0.29) is 12.6 Å². The number of carboxylic acid groups (broad SMARTS) is 1. The van der Waals surface area contributed by atoms with Crippen molar-refractivity contribution in [2.45, 2.75) is 52.9 Å². The summed E-state index contributed by atoms with van der Waals surface area (Å²) in [6.45, 7) is 8.76. The maximum absolute atomic E-state index is 12.7. The van der Waals surface area contributed by atoms with Gasteiger partial charge in [0.25, 0.3) is 0 Å². The minimum absolute atomic E-state index is 0.203. The standard InChI is InChI=1S/C19H28N2O3/c1-5-7-14-8-6-9-15(13(2)3)16(14)20-18(24)21-11-10-19(4,12-21)17(22)23/h6,8-9,13H,5,7,10-12H2,1-4H3,(H,20,24)(H,22,23). The molecule has 2 N–H and O–H groups in total. The average Bonchev–Trinajstić information content (AvgIpc) is 2.93. The summed E-state index contributed by atoms with van der Waals surface area (Å²) in [6, 6.07) is 5.93. The van der Waals surface area contributed by atoms with Crippen LogP contribution in [-0.2, 0) is 11.2 Å². The number of aliphatic carboxylic acids is 1. The highest BCUT2D eigenvalue weighted by atomic mass is 16.4. The van der Waals surface area contributed by atoms with E-state index in [2.05, 4.69) is 32.2 Å². The fourth-order valence-electron chi connectivity index (χ4n) is 3.23. The first-order valence-electron chi connectivity index (χ1n) is 8.69. The minimum Gasteiger partial charge on any atom is -0.481 e. The number of carbonyl (C=O) groups excluding carboxylic acids is 1. The van der Waals surface area contributed by atoms with E-state index in [1.54, 1.807) is 11.8 Å². The van der Waals surface area contributed by atoms with Gasteiger partial charge in [0, 0.05) is 18.8 Å². The molecule has 24 heavy (non-hydrogen) atoms. The molecule has 1 saturated heterocycles. The molecule has 0 aromatic heterocycles. The van der Waals surface area contributed by atoms with Crippen molar-refractivity contribution in [2.75, 3.05) is 18.4 Å². The number of benzene rings is 1. The Morgan fingerprint density at radius 1 is 1.38 bits per heavy atom. The average molecular weight is 332 g/mol. The van der Waals surface area contributed by atoms with E-state index in [0.29, 0.717) is 18.9 Å². The molecule has 2 amide bonds. The third-order valence-electron chi connectivity index (χ3n) is 4.83. The Balaban J connectivity index is 2.21. The van der Waals surface area contributed by atoms with Crippen molar-refractivity contribution in [3.63, 3.8) is 0 Å². The molecule has 1 aromatic rings. The lowest BCUT2D eigenvalue weighted by molar-refractivity contribution is -0.146. The van der Waals surface area contributed by atoms with Crippen molar-refractivity contribution in [1.82, 2.24) is 4.90 Å². The molecule has 0 radical (unpaired) electrons. The highest BCUT2D eigenvalue weighted by molar-refractivity contribution is 5.92. The maximum atomic E-state index is 12.7. The van der Waals surface area contributed by atoms with Gasteiger partial charge in [0.15, 0.2) is 0 Å². The summed E-state index contributed by atoms with van der Waals surface area (Å²) in [4.78, 5) is 25.7. The Hall–Kier alpha value is -2.04. The number of likely N-dealkylation sites (tertiary alicyclic amines) is 1. The Kier molecular flexibility index (Phi) is 5.52. The van der Waals surface area contributed by atoms with Crippen LogP contribution in [0.5, 0.6) is 0 Å². The lowest BCUT2D eigenvalue weighted by atomic mass is 9.90. The predicted octanol–water partition coefficient (Wildman–Crippen LogP) is 4.09. The van der Waals surface area contributed by atoms with E-state index in [4.69, 9.17) is 0 Å². The number of aryl methyl sites for hydroxylation is 1. The number of rotatable bonds is 5. The van der Waals surface area contributed by atoms with E-state index in [9.17, 15) is 14.7 Å². The Morgan fingerprint density at radius 2 is 2.08 bits per heavy atom. The van der Waals surface area contributed by atoms with Crippen molar-refractivity contribution < 1.29 is 14.7 Å². The maximum Gasteiger partial charge on any atom is 0.321 e. The molecule has 1 unspecified atom stereocenters. The number of amides is 2. The van der Waals surface area contributed by atoms with Gasteiger partial charge in [0.2, 0.25) is 0 Å². The van der Waals surface area contributed by atoms with Gasteiger partial charge in [-0.2, -0.15) is 0 Å². The van der Waals surface area contributed by atoms with Gasteiger partial charge in [-0.3, -0.25) is 4.79 Å². The van der Waals surface area contributed by atoms with E-state index in [1.165, 1.54) is 0 Å². The molecular formula is C19H28N2O3. The van der Waals surface area contributed by atoms with Gasteiger partial charge in [-0.15, -0.1) is 0 Å². The second-order valence-electron chi connectivity index (χ2n) is 7.25. The normalized spacial score (nSPS) is 20.5. The molecule has 5 nitrogen and oxygen atoms in total. The molecular weight excluding hydrogens is 304 g/mol. The Morgan fingerprint density at radius 3 is 2.62 bits per heavy atom. The van der Waals surface area contributed by atoms with Crippen LogP contribution in [0.3, 0.4) is 0 Å². The van der Waals surface area contributed by atoms with Crippen molar-refractivity contribution in [3.8, 4) is 0 Å². The lowest BCUT2D eigenvalue weighted by Gasteiger charge is -2.23. The number of nitrogens with one attached hydrogen (secondary N) is 1. The van der Waals surface area contributed by atoms with Crippen LogP contribution in [0.1, 0.15) is 57.6 Å². The summed E-state index contributed by atoms with van der Waals surface area (Å²) in [5, 5.41) is 12.4. The predicted molar refractivity (Wildman–Crippen MR) is 95.5 cm³/mol. The second-order valence-corrected chi connectivity index (χ2v) is 7.25. The van der Waals surface area contributed by atoms with Crippen LogP contribution in [0.4, 0.5) is 10.5 Å². The Bertz CT molecular complexity index is 627. The van der Waals surface area contributed by atoms with Gasteiger partial charge in [-0.1, -0.05) is 45.4 Å². The molecule has 1 aliphatic rings. The second kappa shape index (κ2) is 7.24. The fraction of sp³-hybridized carbons (Fsp3) is 0.579. The topological polar surface area (TPSA) is 69.6 Å². The van der Waals surface area contributed by atoms with Crippen molar-refractivity contribution in [2.24, 2.45) is 5.41 Å². The van der Waals surface area contributed by atoms with E-state index in [1.807, 2.05) is 12.1 Å². The zero-order chi connectivity index (χ0) is 17.9. The van der Waals surface area contributed by atoms with Gasteiger partial charge < -0.3 is 15.3 Å². The number of nitrogens with zero attached hydrogens (tertiary/aromatic N) is 1. The number of anilines is 1. The minimum atomic E-state index is -0.846. The third-order valence-corrected chi connectivity index (χ3v) is 4.83. The quantitative estimate of drug-likeness (QED) is 0.853. The third kappa shape index (κ3) is 3.71. The van der Waals surface area contributed by atoms with Crippen LogP contribution in [-0.4, -0.2) is 35.1 Å². The van der Waals surface area contributed by atoms with Crippen LogP contribution in [0.15, 0.2) is 18.2 Å². The number of para-hydroxylation sites is 1. The fourth-order valence-corrected chi connectivity index (χ4v) is 3.23. The van der Waals surface area contributed by atoms with Gasteiger partial charge in [-0.25, -0.2) is 4.79 Å². The van der Waals surface area contributed by atoms with E-state index in [0.717, 1.165) is 29.7 Å². The summed E-state index contributed by atoms with van der Waals surface area (Å²) in [5.74, 6) is -0.535. The molecule has 0 aliphatic carbocycles. The molecule has 1 atom stereocenters. The van der Waals surface area contributed by atoms with Crippen LogP contribution in [0.25, 0.3) is 0 Å². The number of carbonyl (C=O) groups is 2. The van der Waals surface area contributed by atoms with Crippen molar-refractivity contribution in [3.05, 3.63) is 29.3 Å². The van der Waals surface area contributed by atoms with Crippen molar-refractivity contribution in [1.29, 1.82) is 0 Å². The number of carboxylic acids is 1. The van der Waals surface area contributed by atoms with Crippen LogP contribution in [0, 0.1) is 5.41 Å². The number of urea groups is 1. The number of hydrogen-bond acceptors (Lipinski definition) is 2. The van der Waals surface area contributed by atoms with Crippen LogP contribution in [0.2, 0.25) is 0 Å². The summed E-state index contributed by atoms with van der Waals surface area (Å²) in [6.07, 6.45) is 2.40. The van der Waals surface area contributed by atoms with Gasteiger partial charge in [0.05, 0.1) is 5.41 Å². The lowest BCUT2D eigenvalue weighted by Crippen LogP contribution is -2.37. The summed E-state index contributed by atoms with van der Waals surface area (Å²) < 4.78 is 0. The number of hydrogen-bond donors (Lipinski definition) is 2. The first-order chi connectivity index (χ1) is 11.3. The highest BCUT2D eigenvalue weighted by Crippen LogP contribution is 2.32. The van der Waals surface area contributed by atoms with Crippen LogP contribution < -0.4 is 5.32 Å². The van der Waals surface area contributed by atoms with Gasteiger partial charge >= 0.3 is 12.0 Å². The molecule has 132 valence electrons. The first kappa shape index (κ1) is 18.3. The monoisotopic (exact) mass is 332 g/mol. The molecule has 0 bridgehead atoms. The Labute approximate surface area is 144 Å². The SMILES string of the molecule is CCCc1cccc(C(C)C)c1NC(=O)N1CCC(C)(C(=O)O)C1. The summed E-state index contributed by atoms with van der Waals surface area (Å²) in [5.41, 5.74) is 2.30. The molecule has 2 rings (SSSR count). The zero-order valence-electron chi connectivity index (χ0n) is 15.1. The first-order valence-corrected chi connectivity index (χ1v) is 8.69. The molecule has 0 saturated carbocycles. The van der Waals surface area contributed by atoms with Gasteiger partial charge in [0.1, 0.15) is 0 Å². The van der Waals surface area contributed by atoms with E-state index >= 15 is 0 Å². The summed E-state index contributed by atoms with van der Waals surface area (Å²) >= 11 is 0. The molecule has 1 fully saturated rings. The molecule has 1 heterocycles. The largest absolute Gasteiger partial charge is 0.481 e. The van der Waals surface area contributed by atoms with Crippen LogP contribution >= 0.6 is 0 Å². The smallest absolute Gasteiger partial charge is 0.321 e. The van der Waals surface area contributed by atoms with Gasteiger partial charge in [-0.05, 0) is 36.8 Å². The molecule has 5 heteroatoms. The molecule has 0 spiro atoms.